The van der Waals surface area contributed by atoms with Crippen LogP contribution >= 0.6 is 11.8 Å². The Morgan fingerprint density at radius 3 is 2.67 bits per heavy atom. The number of benzene rings is 2. The Balaban J connectivity index is 1.45. The second-order valence-corrected chi connectivity index (χ2v) is 6.92. The third kappa shape index (κ3) is 4.20. The molecule has 0 spiro atoms. The third-order valence-corrected chi connectivity index (χ3v) is 5.03. The summed E-state index contributed by atoms with van der Waals surface area (Å²) in [4.78, 5) is 12.2. The second-order valence-electron chi connectivity index (χ2n) is 5.82. The summed E-state index contributed by atoms with van der Waals surface area (Å²) in [6.45, 7) is 3.13. The highest BCUT2D eigenvalue weighted by atomic mass is 32.2. The molecule has 1 N–H and O–H groups in total. The molecule has 2 aromatic carbocycles. The van der Waals surface area contributed by atoms with Crippen LogP contribution in [0.5, 0.6) is 0 Å². The second kappa shape index (κ2) is 8.06. The molecule has 0 fully saturated rings. The zero-order valence-corrected chi connectivity index (χ0v) is 14.7. The highest BCUT2D eigenvalue weighted by molar-refractivity contribution is 7.98. The molecule has 24 heavy (non-hydrogen) atoms. The zero-order chi connectivity index (χ0) is 16.8. The van der Waals surface area contributed by atoms with Crippen molar-refractivity contribution in [1.82, 2.24) is 9.88 Å². The van der Waals surface area contributed by atoms with Crippen molar-refractivity contribution in [1.29, 1.82) is 0 Å². The van der Waals surface area contributed by atoms with Crippen molar-refractivity contribution in [2.24, 2.45) is 0 Å². The molecule has 0 saturated heterocycles. The van der Waals surface area contributed by atoms with Gasteiger partial charge in [-0.3, -0.25) is 4.79 Å². The van der Waals surface area contributed by atoms with Crippen LogP contribution in [0.4, 0.5) is 0 Å². The number of nitrogens with zero attached hydrogens (tertiary/aromatic N) is 1. The van der Waals surface area contributed by atoms with E-state index in [1.54, 1.807) is 0 Å². The van der Waals surface area contributed by atoms with Gasteiger partial charge in [-0.1, -0.05) is 48.5 Å². The summed E-state index contributed by atoms with van der Waals surface area (Å²) in [5.41, 5.74) is 3.55. The highest BCUT2D eigenvalue weighted by Crippen LogP contribution is 2.18. The van der Waals surface area contributed by atoms with E-state index in [1.807, 2.05) is 36.9 Å². The number of rotatable bonds is 7. The van der Waals surface area contributed by atoms with Crippen LogP contribution in [0.1, 0.15) is 11.3 Å². The van der Waals surface area contributed by atoms with Crippen molar-refractivity contribution in [2.45, 2.75) is 19.2 Å². The summed E-state index contributed by atoms with van der Waals surface area (Å²) in [6, 6.07) is 20.7. The minimum absolute atomic E-state index is 0.0692. The lowest BCUT2D eigenvalue weighted by atomic mass is 10.2. The highest BCUT2D eigenvalue weighted by Gasteiger charge is 2.08. The number of para-hydroxylation sites is 1. The number of amides is 1. The number of aryl methyl sites for hydroxylation is 1. The minimum Gasteiger partial charge on any atom is -0.354 e. The van der Waals surface area contributed by atoms with Crippen LogP contribution in [0, 0.1) is 6.92 Å². The van der Waals surface area contributed by atoms with Gasteiger partial charge in [0.15, 0.2) is 0 Å². The fourth-order valence-electron chi connectivity index (χ4n) is 2.78. The first kappa shape index (κ1) is 16.7. The van der Waals surface area contributed by atoms with Crippen LogP contribution in [0.2, 0.25) is 0 Å². The number of hydrogen-bond donors (Lipinski definition) is 1. The smallest absolute Gasteiger partial charge is 0.239 e. The van der Waals surface area contributed by atoms with Gasteiger partial charge in [0.2, 0.25) is 5.91 Å². The van der Waals surface area contributed by atoms with Gasteiger partial charge in [-0.15, -0.1) is 0 Å². The van der Waals surface area contributed by atoms with E-state index in [4.69, 9.17) is 0 Å². The molecule has 4 heteroatoms. The van der Waals surface area contributed by atoms with Gasteiger partial charge in [0, 0.05) is 29.3 Å². The van der Waals surface area contributed by atoms with E-state index in [0.717, 1.165) is 22.7 Å². The number of nitrogens with one attached hydrogen (secondary N) is 1. The quantitative estimate of drug-likeness (QED) is 0.661. The lowest BCUT2D eigenvalue weighted by Gasteiger charge is -2.09. The molecule has 0 aliphatic rings. The van der Waals surface area contributed by atoms with Crippen molar-refractivity contribution >= 4 is 28.6 Å². The summed E-state index contributed by atoms with van der Waals surface area (Å²) >= 11 is 1.84. The number of carbonyl (C=O) groups excluding carboxylic acids is 1. The Bertz CT molecular complexity index is 811. The van der Waals surface area contributed by atoms with Crippen LogP contribution in [-0.2, 0) is 17.1 Å². The summed E-state index contributed by atoms with van der Waals surface area (Å²) < 4.78 is 2.07. The molecule has 0 atom stereocenters. The monoisotopic (exact) mass is 338 g/mol. The Kier molecular flexibility index (Phi) is 5.59. The molecule has 0 aliphatic carbocycles. The first-order valence-electron chi connectivity index (χ1n) is 8.17. The molecule has 1 aromatic heterocycles. The van der Waals surface area contributed by atoms with E-state index in [1.165, 1.54) is 10.9 Å². The Labute approximate surface area is 147 Å². The number of aromatic nitrogens is 1. The van der Waals surface area contributed by atoms with Crippen molar-refractivity contribution < 1.29 is 4.79 Å². The SMILES string of the molecule is Cc1cc2ccccc2n1CC(=O)NCCSCc1ccccc1. The standard InChI is InChI=1S/C20H22N2OS/c1-16-13-18-9-5-6-10-19(18)22(16)14-20(23)21-11-12-24-15-17-7-3-2-4-8-17/h2-10,13H,11-12,14-15H2,1H3,(H,21,23). The molecule has 1 amide bonds. The van der Waals surface area contributed by atoms with E-state index in [2.05, 4.69) is 52.3 Å². The average Bonchev–Trinajstić information content (AvgIpc) is 2.91. The summed E-state index contributed by atoms with van der Waals surface area (Å²) in [6.07, 6.45) is 0. The number of thioether (sulfide) groups is 1. The van der Waals surface area contributed by atoms with Gasteiger partial charge in [-0.25, -0.2) is 0 Å². The van der Waals surface area contributed by atoms with Gasteiger partial charge in [0.25, 0.3) is 0 Å². The van der Waals surface area contributed by atoms with Gasteiger partial charge >= 0.3 is 0 Å². The normalized spacial score (nSPS) is 10.9. The van der Waals surface area contributed by atoms with Crippen molar-refractivity contribution in [2.75, 3.05) is 12.3 Å². The predicted octanol–water partition coefficient (Wildman–Crippen LogP) is 4.00. The molecule has 0 saturated carbocycles. The zero-order valence-electron chi connectivity index (χ0n) is 13.9. The molecule has 3 nitrogen and oxygen atoms in total. The van der Waals surface area contributed by atoms with E-state index in [-0.39, 0.29) is 5.91 Å². The Morgan fingerprint density at radius 1 is 1.08 bits per heavy atom. The molecule has 3 aromatic rings. The van der Waals surface area contributed by atoms with Crippen molar-refractivity contribution in [3.63, 3.8) is 0 Å². The van der Waals surface area contributed by atoms with Gasteiger partial charge in [-0.05, 0) is 30.0 Å². The molecule has 3 rings (SSSR count). The van der Waals surface area contributed by atoms with Crippen molar-refractivity contribution in [3.05, 3.63) is 71.9 Å². The Hall–Kier alpha value is -2.20. The first-order chi connectivity index (χ1) is 11.7. The summed E-state index contributed by atoms with van der Waals surface area (Å²) in [5, 5.41) is 4.20. The van der Waals surface area contributed by atoms with Gasteiger partial charge in [-0.2, -0.15) is 11.8 Å². The molecular formula is C20H22N2OS. The largest absolute Gasteiger partial charge is 0.354 e. The van der Waals surface area contributed by atoms with Gasteiger partial charge in [0.05, 0.1) is 0 Å². The van der Waals surface area contributed by atoms with Crippen LogP contribution in [0.15, 0.2) is 60.7 Å². The summed E-state index contributed by atoms with van der Waals surface area (Å²) in [5.74, 6) is 1.98. The van der Waals surface area contributed by atoms with E-state index < -0.39 is 0 Å². The van der Waals surface area contributed by atoms with Gasteiger partial charge < -0.3 is 9.88 Å². The number of hydrogen-bond acceptors (Lipinski definition) is 2. The minimum atomic E-state index is 0.0692. The molecular weight excluding hydrogens is 316 g/mol. The van der Waals surface area contributed by atoms with E-state index in [0.29, 0.717) is 13.1 Å². The fraction of sp³-hybridized carbons (Fsp3) is 0.250. The molecule has 0 radical (unpaired) electrons. The van der Waals surface area contributed by atoms with Crippen LogP contribution in [-0.4, -0.2) is 22.8 Å². The fourth-order valence-corrected chi connectivity index (χ4v) is 3.60. The lowest BCUT2D eigenvalue weighted by molar-refractivity contribution is -0.121. The van der Waals surface area contributed by atoms with Crippen LogP contribution in [0.25, 0.3) is 10.9 Å². The average molecular weight is 338 g/mol. The molecule has 0 unspecified atom stereocenters. The third-order valence-electron chi connectivity index (χ3n) is 4.00. The summed E-state index contributed by atoms with van der Waals surface area (Å²) in [7, 11) is 0. The molecule has 1 heterocycles. The van der Waals surface area contributed by atoms with Crippen LogP contribution < -0.4 is 5.32 Å². The maximum Gasteiger partial charge on any atom is 0.239 e. The first-order valence-corrected chi connectivity index (χ1v) is 9.33. The topological polar surface area (TPSA) is 34.0 Å². The van der Waals surface area contributed by atoms with Crippen molar-refractivity contribution in [3.8, 4) is 0 Å². The maximum absolute atomic E-state index is 12.2. The number of carbonyl (C=O) groups is 1. The number of fused-ring (bicyclic) bond motifs is 1. The van der Waals surface area contributed by atoms with Gasteiger partial charge in [0.1, 0.15) is 6.54 Å². The Morgan fingerprint density at radius 2 is 1.83 bits per heavy atom. The maximum atomic E-state index is 12.2. The molecule has 124 valence electrons. The van der Waals surface area contributed by atoms with Crippen LogP contribution in [0.3, 0.4) is 0 Å². The molecule has 0 bridgehead atoms. The van der Waals surface area contributed by atoms with E-state index >= 15 is 0 Å². The lowest BCUT2D eigenvalue weighted by Crippen LogP contribution is -2.29. The molecule has 0 aliphatic heterocycles. The van der Waals surface area contributed by atoms with E-state index in [9.17, 15) is 4.79 Å². The predicted molar refractivity (Wildman–Crippen MR) is 102 cm³/mol.